The Balaban J connectivity index is 0.00000191. The van der Waals surface area contributed by atoms with Gasteiger partial charge in [-0.25, -0.2) is 0 Å². The van der Waals surface area contributed by atoms with Gasteiger partial charge in [0.2, 0.25) is 0 Å². The molecule has 0 radical (unpaired) electrons. The van der Waals surface area contributed by atoms with E-state index >= 15 is 0 Å². The number of furan rings is 1. The quantitative estimate of drug-likeness (QED) is 0.425. The lowest BCUT2D eigenvalue weighted by Gasteiger charge is -2.07. The van der Waals surface area contributed by atoms with Gasteiger partial charge in [0.25, 0.3) is 0 Å². The van der Waals surface area contributed by atoms with E-state index in [9.17, 15) is 9.90 Å². The summed E-state index contributed by atoms with van der Waals surface area (Å²) in [5.41, 5.74) is 1.01. The van der Waals surface area contributed by atoms with Crippen LogP contribution in [-0.4, -0.2) is 16.3 Å². The highest BCUT2D eigenvalue weighted by Gasteiger charge is 2.09. The van der Waals surface area contributed by atoms with Gasteiger partial charge in [0, 0.05) is 11.8 Å². The summed E-state index contributed by atoms with van der Waals surface area (Å²) in [7, 11) is 0. The molecule has 1 aromatic heterocycles. The number of hydrogen-bond acceptors (Lipinski definition) is 3. The molecule has 1 heterocycles. The molecule has 2 unspecified atom stereocenters. The molecule has 0 bridgehead atoms. The number of hydrogen-bond donors (Lipinski definition) is 1. The molecule has 0 fully saturated rings. The van der Waals surface area contributed by atoms with Crippen LogP contribution in [0, 0.1) is 0 Å². The second-order valence-corrected chi connectivity index (χ2v) is 5.20. The van der Waals surface area contributed by atoms with Gasteiger partial charge in [0.1, 0.15) is 11.9 Å². The fraction of sp³-hybridized carbons (Fsp3) is 0.471. The van der Waals surface area contributed by atoms with E-state index in [0.717, 1.165) is 5.57 Å². The van der Waals surface area contributed by atoms with Crippen LogP contribution in [0.5, 0.6) is 0 Å². The standard InChI is InChI=1S/C15H19ClO3.C2H6/c1-11(2)10-12(16)5-6-13(17)7-8-14(18)15-4-3-9-19-15;1-2/h3-4,7-9,12,14,18H,1,5-6,10H2,2H3;1-2H3/b8-7+;. The van der Waals surface area contributed by atoms with E-state index in [2.05, 4.69) is 6.58 Å². The second-order valence-electron chi connectivity index (χ2n) is 4.58. The Bertz CT molecular complexity index is 435. The number of carbonyl (C=O) groups is 1. The Morgan fingerprint density at radius 2 is 2.19 bits per heavy atom. The molecule has 1 N–H and O–H groups in total. The fourth-order valence-electron chi connectivity index (χ4n) is 1.62. The maximum Gasteiger partial charge on any atom is 0.155 e. The Hall–Kier alpha value is -1.32. The van der Waals surface area contributed by atoms with E-state index in [0.29, 0.717) is 25.0 Å². The SMILES string of the molecule is C=C(C)CC(Cl)CCC(=O)/C=C/C(O)c1ccco1.CC. The number of alkyl halides is 1. The van der Waals surface area contributed by atoms with Crippen LogP contribution in [0.2, 0.25) is 0 Å². The molecule has 118 valence electrons. The van der Waals surface area contributed by atoms with Gasteiger partial charge in [0.15, 0.2) is 5.78 Å². The Morgan fingerprint density at radius 1 is 1.52 bits per heavy atom. The van der Waals surface area contributed by atoms with Gasteiger partial charge in [-0.3, -0.25) is 4.79 Å². The number of halogens is 1. The Kier molecular flexibility index (Phi) is 10.6. The lowest BCUT2D eigenvalue weighted by Crippen LogP contribution is -2.03. The van der Waals surface area contributed by atoms with Crippen LogP contribution in [-0.2, 0) is 4.79 Å². The first-order chi connectivity index (χ1) is 9.99. The van der Waals surface area contributed by atoms with Gasteiger partial charge in [-0.05, 0) is 44.1 Å². The van der Waals surface area contributed by atoms with E-state index in [1.165, 1.54) is 18.4 Å². The third-order valence-corrected chi connectivity index (χ3v) is 2.95. The van der Waals surface area contributed by atoms with Gasteiger partial charge in [-0.2, -0.15) is 0 Å². The molecule has 0 aliphatic heterocycles. The number of ketones is 1. The van der Waals surface area contributed by atoms with E-state index in [-0.39, 0.29) is 11.2 Å². The first kappa shape index (κ1) is 19.7. The second kappa shape index (κ2) is 11.4. The average molecular weight is 313 g/mol. The lowest BCUT2D eigenvalue weighted by molar-refractivity contribution is -0.114. The zero-order valence-electron chi connectivity index (χ0n) is 13.0. The molecule has 4 heteroatoms. The molecule has 0 aliphatic rings. The zero-order valence-corrected chi connectivity index (χ0v) is 13.8. The minimum absolute atomic E-state index is 0.0574. The minimum atomic E-state index is -0.888. The smallest absolute Gasteiger partial charge is 0.155 e. The monoisotopic (exact) mass is 312 g/mol. The molecule has 0 aromatic carbocycles. The summed E-state index contributed by atoms with van der Waals surface area (Å²) in [6, 6.07) is 3.34. The summed E-state index contributed by atoms with van der Waals surface area (Å²) in [5, 5.41) is 9.62. The molecular weight excluding hydrogens is 288 g/mol. The van der Waals surface area contributed by atoms with E-state index in [1.807, 2.05) is 20.8 Å². The summed E-state index contributed by atoms with van der Waals surface area (Å²) >= 11 is 6.06. The van der Waals surface area contributed by atoms with Gasteiger partial charge in [-0.1, -0.05) is 19.4 Å². The van der Waals surface area contributed by atoms with Crippen molar-refractivity contribution in [1.82, 2.24) is 0 Å². The summed E-state index contributed by atoms with van der Waals surface area (Å²) in [5.74, 6) is 0.361. The van der Waals surface area contributed by atoms with Crippen LogP contribution in [0.1, 0.15) is 51.9 Å². The molecule has 2 atom stereocenters. The summed E-state index contributed by atoms with van der Waals surface area (Å²) in [6.45, 7) is 9.70. The van der Waals surface area contributed by atoms with E-state index < -0.39 is 6.10 Å². The number of rotatable bonds is 8. The van der Waals surface area contributed by atoms with Gasteiger partial charge in [-0.15, -0.1) is 18.2 Å². The average Bonchev–Trinajstić information content (AvgIpc) is 2.98. The highest BCUT2D eigenvalue weighted by atomic mass is 35.5. The molecular formula is C17H25ClO3. The Labute approximate surface area is 132 Å². The highest BCUT2D eigenvalue weighted by molar-refractivity contribution is 6.20. The van der Waals surface area contributed by atoms with Crippen molar-refractivity contribution >= 4 is 17.4 Å². The molecule has 3 nitrogen and oxygen atoms in total. The molecule has 0 spiro atoms. The maximum atomic E-state index is 11.6. The third kappa shape index (κ3) is 9.27. The van der Waals surface area contributed by atoms with Crippen molar-refractivity contribution in [2.75, 3.05) is 0 Å². The predicted molar refractivity (Wildman–Crippen MR) is 87.5 cm³/mol. The molecule has 0 saturated carbocycles. The minimum Gasteiger partial charge on any atom is -0.466 e. The molecule has 0 aliphatic carbocycles. The normalized spacial score (nSPS) is 13.4. The van der Waals surface area contributed by atoms with Crippen LogP contribution in [0.3, 0.4) is 0 Å². The number of aliphatic hydroxyl groups excluding tert-OH is 1. The number of allylic oxidation sites excluding steroid dienone is 2. The van der Waals surface area contributed by atoms with Crippen LogP contribution < -0.4 is 0 Å². The fourth-order valence-corrected chi connectivity index (χ4v) is 1.99. The summed E-state index contributed by atoms with van der Waals surface area (Å²) < 4.78 is 5.03. The van der Waals surface area contributed by atoms with Crippen LogP contribution in [0.25, 0.3) is 0 Å². The van der Waals surface area contributed by atoms with Crippen molar-refractivity contribution < 1.29 is 14.3 Å². The summed E-state index contributed by atoms with van der Waals surface area (Å²) in [4.78, 5) is 11.6. The highest BCUT2D eigenvalue weighted by Crippen LogP contribution is 2.16. The van der Waals surface area contributed by atoms with Crippen molar-refractivity contribution in [3.05, 3.63) is 48.5 Å². The third-order valence-electron chi connectivity index (χ3n) is 2.57. The molecule has 1 aromatic rings. The maximum absolute atomic E-state index is 11.6. The van der Waals surface area contributed by atoms with Crippen LogP contribution in [0.15, 0.2) is 47.1 Å². The van der Waals surface area contributed by atoms with Gasteiger partial charge in [0.05, 0.1) is 6.26 Å². The van der Waals surface area contributed by atoms with Crippen molar-refractivity contribution in [2.45, 2.75) is 51.5 Å². The first-order valence-corrected chi connectivity index (χ1v) is 7.63. The van der Waals surface area contributed by atoms with Gasteiger partial charge >= 0.3 is 0 Å². The van der Waals surface area contributed by atoms with Crippen molar-refractivity contribution in [3.63, 3.8) is 0 Å². The molecule has 1 rings (SSSR count). The molecule has 21 heavy (non-hydrogen) atoms. The number of carbonyl (C=O) groups excluding carboxylic acids is 1. The van der Waals surface area contributed by atoms with Crippen molar-refractivity contribution in [2.24, 2.45) is 0 Å². The van der Waals surface area contributed by atoms with Crippen molar-refractivity contribution in [3.8, 4) is 0 Å². The summed E-state index contributed by atoms with van der Waals surface area (Å²) in [6.07, 6.45) is 5.07. The van der Waals surface area contributed by atoms with Crippen molar-refractivity contribution in [1.29, 1.82) is 0 Å². The van der Waals surface area contributed by atoms with E-state index in [1.54, 1.807) is 12.1 Å². The van der Waals surface area contributed by atoms with Gasteiger partial charge < -0.3 is 9.52 Å². The first-order valence-electron chi connectivity index (χ1n) is 7.20. The molecule has 0 amide bonds. The van der Waals surface area contributed by atoms with E-state index in [4.69, 9.17) is 16.0 Å². The molecule has 0 saturated heterocycles. The van der Waals surface area contributed by atoms with Crippen LogP contribution in [0.4, 0.5) is 0 Å². The lowest BCUT2D eigenvalue weighted by atomic mass is 10.1. The Morgan fingerprint density at radius 3 is 2.71 bits per heavy atom. The van der Waals surface area contributed by atoms with Crippen LogP contribution >= 0.6 is 11.6 Å². The predicted octanol–water partition coefficient (Wildman–Crippen LogP) is 4.82. The topological polar surface area (TPSA) is 50.4 Å². The largest absolute Gasteiger partial charge is 0.466 e. The zero-order chi connectivity index (χ0) is 16.3. The number of aliphatic hydroxyl groups is 1.